The second-order valence-electron chi connectivity index (χ2n) is 3.56. The normalized spacial score (nSPS) is 10.1. The number of hydrogen-bond acceptors (Lipinski definition) is 4. The van der Waals surface area contributed by atoms with Crippen LogP contribution in [0.1, 0.15) is 12.0 Å². The summed E-state index contributed by atoms with van der Waals surface area (Å²) in [5, 5.41) is 8.81. The fourth-order valence-corrected chi connectivity index (χ4v) is 1.30. The zero-order chi connectivity index (χ0) is 13.2. The molecule has 1 aromatic carbocycles. The lowest BCUT2D eigenvalue weighted by atomic mass is 10.2. The number of methoxy groups -OCH3 is 1. The van der Waals surface area contributed by atoms with Gasteiger partial charge in [-0.05, 0) is 18.2 Å². The Morgan fingerprint density at radius 1 is 1.22 bits per heavy atom. The number of halogens is 1. The number of rotatable bonds is 8. The second kappa shape index (κ2) is 8.45. The minimum absolute atomic E-state index is 0.204. The summed E-state index contributed by atoms with van der Waals surface area (Å²) in [5.41, 5.74) is 0.204. The minimum Gasteiger partial charge on any atom is -0.492 e. The van der Waals surface area contributed by atoms with E-state index in [0.29, 0.717) is 38.6 Å². The van der Waals surface area contributed by atoms with Gasteiger partial charge in [0.05, 0.1) is 25.4 Å². The van der Waals surface area contributed by atoms with Crippen LogP contribution in [0.5, 0.6) is 5.75 Å². The Morgan fingerprint density at radius 3 is 2.78 bits per heavy atom. The lowest BCUT2D eigenvalue weighted by Gasteiger charge is -2.08. The monoisotopic (exact) mass is 253 g/mol. The van der Waals surface area contributed by atoms with E-state index >= 15 is 0 Å². The highest BCUT2D eigenvalue weighted by molar-refractivity contribution is 5.42. The van der Waals surface area contributed by atoms with Crippen LogP contribution >= 0.6 is 0 Å². The van der Waals surface area contributed by atoms with E-state index in [1.54, 1.807) is 7.11 Å². The molecule has 0 atom stereocenters. The molecular formula is C13H16FNO3. The highest BCUT2D eigenvalue weighted by atomic mass is 19.1. The van der Waals surface area contributed by atoms with Crippen LogP contribution in [-0.2, 0) is 9.47 Å². The van der Waals surface area contributed by atoms with Crippen LogP contribution in [0.4, 0.5) is 4.39 Å². The molecule has 0 unspecified atom stereocenters. The standard InChI is InChI=1S/C13H16FNO3/c1-16-7-8-17-5-2-6-18-13-4-3-12(14)9-11(13)10-15/h3-4,9H,2,5-8H2,1H3. The average Bonchev–Trinajstić information content (AvgIpc) is 2.39. The molecule has 0 heterocycles. The second-order valence-corrected chi connectivity index (χ2v) is 3.56. The molecule has 1 rings (SSSR count). The third kappa shape index (κ3) is 5.13. The third-order valence-corrected chi connectivity index (χ3v) is 2.18. The summed E-state index contributed by atoms with van der Waals surface area (Å²) in [6.07, 6.45) is 0.700. The Morgan fingerprint density at radius 2 is 2.06 bits per heavy atom. The predicted molar refractivity (Wildman–Crippen MR) is 63.9 cm³/mol. The Kier molecular flexibility index (Phi) is 6.77. The first-order valence-corrected chi connectivity index (χ1v) is 5.67. The lowest BCUT2D eigenvalue weighted by Crippen LogP contribution is -2.07. The summed E-state index contributed by atoms with van der Waals surface area (Å²) >= 11 is 0. The SMILES string of the molecule is COCCOCCCOc1ccc(F)cc1C#N. The minimum atomic E-state index is -0.443. The van der Waals surface area contributed by atoms with Gasteiger partial charge in [0.25, 0.3) is 0 Å². The molecule has 18 heavy (non-hydrogen) atoms. The van der Waals surface area contributed by atoms with Gasteiger partial charge in [-0.1, -0.05) is 0 Å². The van der Waals surface area contributed by atoms with Crippen LogP contribution in [0.25, 0.3) is 0 Å². The number of nitrogens with zero attached hydrogens (tertiary/aromatic N) is 1. The van der Waals surface area contributed by atoms with Crippen LogP contribution in [0.2, 0.25) is 0 Å². The van der Waals surface area contributed by atoms with Crippen molar-refractivity contribution in [3.63, 3.8) is 0 Å². The summed E-state index contributed by atoms with van der Waals surface area (Å²) in [6, 6.07) is 5.78. The zero-order valence-electron chi connectivity index (χ0n) is 10.3. The summed E-state index contributed by atoms with van der Waals surface area (Å²) in [7, 11) is 1.62. The first kappa shape index (κ1) is 14.4. The quantitative estimate of drug-likeness (QED) is 0.666. The van der Waals surface area contributed by atoms with Gasteiger partial charge >= 0.3 is 0 Å². The summed E-state index contributed by atoms with van der Waals surface area (Å²) in [5.74, 6) is -0.0439. The molecule has 0 bridgehead atoms. The van der Waals surface area contributed by atoms with Crippen molar-refractivity contribution in [1.82, 2.24) is 0 Å². The van der Waals surface area contributed by atoms with Crippen molar-refractivity contribution in [2.75, 3.05) is 33.5 Å². The maximum absolute atomic E-state index is 12.9. The van der Waals surface area contributed by atoms with Gasteiger partial charge in [0, 0.05) is 20.1 Å². The molecule has 5 heteroatoms. The molecule has 98 valence electrons. The first-order chi connectivity index (χ1) is 8.77. The van der Waals surface area contributed by atoms with E-state index in [4.69, 9.17) is 19.5 Å². The number of hydrogen-bond donors (Lipinski definition) is 0. The van der Waals surface area contributed by atoms with E-state index < -0.39 is 5.82 Å². The molecule has 0 amide bonds. The molecule has 0 fully saturated rings. The van der Waals surface area contributed by atoms with Crippen molar-refractivity contribution in [3.05, 3.63) is 29.6 Å². The van der Waals surface area contributed by atoms with Gasteiger partial charge in [-0.3, -0.25) is 0 Å². The van der Waals surface area contributed by atoms with Crippen LogP contribution in [0.3, 0.4) is 0 Å². The van der Waals surface area contributed by atoms with Gasteiger partial charge in [0.1, 0.15) is 17.6 Å². The molecule has 4 nitrogen and oxygen atoms in total. The molecule has 0 aliphatic heterocycles. The Hall–Kier alpha value is -1.64. The third-order valence-electron chi connectivity index (χ3n) is 2.18. The molecule has 0 aliphatic rings. The van der Waals surface area contributed by atoms with Gasteiger partial charge in [0.2, 0.25) is 0 Å². The maximum Gasteiger partial charge on any atom is 0.137 e. The number of ether oxygens (including phenoxy) is 3. The van der Waals surface area contributed by atoms with E-state index in [2.05, 4.69) is 0 Å². The fraction of sp³-hybridized carbons (Fsp3) is 0.462. The Balaban J connectivity index is 2.25. The van der Waals surface area contributed by atoms with Gasteiger partial charge < -0.3 is 14.2 Å². The van der Waals surface area contributed by atoms with Crippen LogP contribution in [0, 0.1) is 17.1 Å². The molecule has 0 saturated heterocycles. The molecule has 0 N–H and O–H groups in total. The van der Waals surface area contributed by atoms with Gasteiger partial charge in [-0.2, -0.15) is 5.26 Å². The van der Waals surface area contributed by atoms with E-state index in [1.807, 2.05) is 6.07 Å². The number of benzene rings is 1. The van der Waals surface area contributed by atoms with Crippen LogP contribution < -0.4 is 4.74 Å². The highest BCUT2D eigenvalue weighted by Crippen LogP contribution is 2.18. The van der Waals surface area contributed by atoms with Crippen LogP contribution in [-0.4, -0.2) is 33.5 Å². The lowest BCUT2D eigenvalue weighted by molar-refractivity contribution is 0.0644. The number of nitriles is 1. The molecule has 0 spiro atoms. The van der Waals surface area contributed by atoms with Crippen molar-refractivity contribution < 1.29 is 18.6 Å². The van der Waals surface area contributed by atoms with Crippen molar-refractivity contribution in [1.29, 1.82) is 5.26 Å². The summed E-state index contributed by atoms with van der Waals surface area (Å²) in [6.45, 7) is 2.10. The largest absolute Gasteiger partial charge is 0.492 e. The maximum atomic E-state index is 12.9. The molecule has 0 aromatic heterocycles. The molecule has 0 radical (unpaired) electrons. The smallest absolute Gasteiger partial charge is 0.137 e. The van der Waals surface area contributed by atoms with E-state index in [1.165, 1.54) is 12.1 Å². The van der Waals surface area contributed by atoms with Gasteiger partial charge in [-0.15, -0.1) is 0 Å². The Bertz CT molecular complexity index is 404. The van der Waals surface area contributed by atoms with Crippen molar-refractivity contribution in [2.24, 2.45) is 0 Å². The van der Waals surface area contributed by atoms with E-state index in [-0.39, 0.29) is 5.56 Å². The predicted octanol–water partition coefficient (Wildman–Crippen LogP) is 2.13. The van der Waals surface area contributed by atoms with Gasteiger partial charge in [-0.25, -0.2) is 4.39 Å². The average molecular weight is 253 g/mol. The summed E-state index contributed by atoms with van der Waals surface area (Å²) in [4.78, 5) is 0. The highest BCUT2D eigenvalue weighted by Gasteiger charge is 2.04. The molecule has 1 aromatic rings. The Labute approximate surface area is 106 Å². The van der Waals surface area contributed by atoms with Crippen molar-refractivity contribution in [2.45, 2.75) is 6.42 Å². The van der Waals surface area contributed by atoms with E-state index in [0.717, 1.165) is 6.07 Å². The zero-order valence-corrected chi connectivity index (χ0v) is 10.3. The molecule has 0 saturated carbocycles. The fourth-order valence-electron chi connectivity index (χ4n) is 1.30. The summed E-state index contributed by atoms with van der Waals surface area (Å²) < 4.78 is 28.3. The van der Waals surface area contributed by atoms with Crippen molar-refractivity contribution >= 4 is 0 Å². The molecule has 0 aliphatic carbocycles. The first-order valence-electron chi connectivity index (χ1n) is 5.67. The van der Waals surface area contributed by atoms with Crippen LogP contribution in [0.15, 0.2) is 18.2 Å². The van der Waals surface area contributed by atoms with Crippen molar-refractivity contribution in [3.8, 4) is 11.8 Å². The van der Waals surface area contributed by atoms with E-state index in [9.17, 15) is 4.39 Å². The van der Waals surface area contributed by atoms with Gasteiger partial charge in [0.15, 0.2) is 0 Å². The topological polar surface area (TPSA) is 51.5 Å². The molecular weight excluding hydrogens is 237 g/mol.